The van der Waals surface area contributed by atoms with Crippen LogP contribution in [0.1, 0.15) is 37.3 Å². The van der Waals surface area contributed by atoms with E-state index < -0.39 is 11.5 Å². The first-order valence-electron chi connectivity index (χ1n) is 6.53. The van der Waals surface area contributed by atoms with Crippen molar-refractivity contribution >= 4 is 12.0 Å². The summed E-state index contributed by atoms with van der Waals surface area (Å²) in [5, 5.41) is 18.4. The molecule has 1 aliphatic rings. The molecular weight excluding hydrogens is 262 g/mol. The molecule has 1 saturated carbocycles. The number of urea groups is 1. The van der Waals surface area contributed by atoms with Crippen LogP contribution in [0, 0.1) is 6.92 Å². The summed E-state index contributed by atoms with van der Waals surface area (Å²) in [6, 6.07) is -0.298. The van der Waals surface area contributed by atoms with E-state index in [9.17, 15) is 9.59 Å². The maximum absolute atomic E-state index is 12.1. The number of amides is 2. The van der Waals surface area contributed by atoms with Gasteiger partial charge < -0.3 is 15.3 Å². The summed E-state index contributed by atoms with van der Waals surface area (Å²) in [7, 11) is 1.63. The predicted octanol–water partition coefficient (Wildman–Crippen LogP) is 0.652. The van der Waals surface area contributed by atoms with Crippen LogP contribution in [0.4, 0.5) is 4.79 Å². The van der Waals surface area contributed by atoms with Gasteiger partial charge in [-0.15, -0.1) is 0 Å². The molecule has 0 radical (unpaired) electrons. The molecule has 20 heavy (non-hydrogen) atoms. The second-order valence-electron chi connectivity index (χ2n) is 5.33. The van der Waals surface area contributed by atoms with E-state index in [2.05, 4.69) is 20.5 Å². The molecule has 0 saturated heterocycles. The lowest BCUT2D eigenvalue weighted by Gasteiger charge is -2.42. The van der Waals surface area contributed by atoms with Gasteiger partial charge >= 0.3 is 12.0 Å². The van der Waals surface area contributed by atoms with Gasteiger partial charge in [-0.2, -0.15) is 5.10 Å². The Morgan fingerprint density at radius 2 is 2.20 bits per heavy atom. The fraction of sp³-hybridized carbons (Fsp3) is 0.667. The first-order valence-corrected chi connectivity index (χ1v) is 6.53. The van der Waals surface area contributed by atoms with Gasteiger partial charge in [0.1, 0.15) is 5.82 Å². The number of nitrogens with one attached hydrogen (secondary N) is 2. The SMILES string of the molecule is Cc1nc(CN(C)C(=O)NC2(CC(=O)O)CCC2)n[nH]1. The molecular formula is C12H19N5O3. The van der Waals surface area contributed by atoms with Crippen molar-refractivity contribution in [3.8, 4) is 0 Å². The lowest BCUT2D eigenvalue weighted by Crippen LogP contribution is -2.57. The number of hydrogen-bond acceptors (Lipinski definition) is 4. The van der Waals surface area contributed by atoms with Crippen molar-refractivity contribution in [1.29, 1.82) is 0 Å². The van der Waals surface area contributed by atoms with Crippen molar-refractivity contribution in [3.05, 3.63) is 11.6 Å². The number of nitrogens with zero attached hydrogens (tertiary/aromatic N) is 3. The van der Waals surface area contributed by atoms with Crippen LogP contribution in [-0.2, 0) is 11.3 Å². The highest BCUT2D eigenvalue weighted by Gasteiger charge is 2.40. The van der Waals surface area contributed by atoms with Gasteiger partial charge in [0.2, 0.25) is 0 Å². The lowest BCUT2D eigenvalue weighted by atomic mass is 9.74. The van der Waals surface area contributed by atoms with Gasteiger partial charge in [-0.25, -0.2) is 9.78 Å². The van der Waals surface area contributed by atoms with Crippen molar-refractivity contribution in [1.82, 2.24) is 25.4 Å². The molecule has 3 N–H and O–H groups in total. The molecule has 1 aromatic heterocycles. The molecule has 2 amide bonds. The number of aliphatic carboxylic acids is 1. The predicted molar refractivity (Wildman–Crippen MR) is 70.0 cm³/mol. The summed E-state index contributed by atoms with van der Waals surface area (Å²) >= 11 is 0. The van der Waals surface area contributed by atoms with Crippen LogP contribution in [0.3, 0.4) is 0 Å². The average molecular weight is 281 g/mol. The van der Waals surface area contributed by atoms with Crippen molar-refractivity contribution in [3.63, 3.8) is 0 Å². The van der Waals surface area contributed by atoms with Gasteiger partial charge in [-0.1, -0.05) is 0 Å². The molecule has 1 fully saturated rings. The molecule has 0 aromatic carbocycles. The second kappa shape index (κ2) is 5.48. The number of carbonyl (C=O) groups is 2. The lowest BCUT2D eigenvalue weighted by molar-refractivity contribution is -0.139. The number of hydrogen-bond donors (Lipinski definition) is 3. The summed E-state index contributed by atoms with van der Waals surface area (Å²) in [6.45, 7) is 2.06. The molecule has 1 aliphatic carbocycles. The van der Waals surface area contributed by atoms with Crippen LogP contribution >= 0.6 is 0 Å². The average Bonchev–Trinajstić information content (AvgIpc) is 2.71. The van der Waals surface area contributed by atoms with Gasteiger partial charge in [-0.05, 0) is 26.2 Å². The number of aromatic nitrogens is 3. The maximum Gasteiger partial charge on any atom is 0.317 e. The fourth-order valence-electron chi connectivity index (χ4n) is 2.30. The third-order valence-electron chi connectivity index (χ3n) is 3.54. The number of carboxylic acids is 1. The highest BCUT2D eigenvalue weighted by atomic mass is 16.4. The molecule has 2 rings (SSSR count). The Morgan fingerprint density at radius 1 is 1.50 bits per heavy atom. The molecule has 0 aliphatic heterocycles. The number of aromatic amines is 1. The molecule has 8 nitrogen and oxygen atoms in total. The molecule has 0 bridgehead atoms. The first-order chi connectivity index (χ1) is 9.40. The standard InChI is InChI=1S/C12H19N5O3/c1-8-13-9(16-15-8)7-17(2)11(20)14-12(4-3-5-12)6-10(18)19/h3-7H2,1-2H3,(H,14,20)(H,18,19)(H,13,15,16). The van der Waals surface area contributed by atoms with Gasteiger partial charge in [0.15, 0.2) is 5.82 Å². The largest absolute Gasteiger partial charge is 0.481 e. The minimum atomic E-state index is -0.891. The highest BCUT2D eigenvalue weighted by Crippen LogP contribution is 2.35. The zero-order chi connectivity index (χ0) is 14.8. The van der Waals surface area contributed by atoms with Crippen LogP contribution in [0.2, 0.25) is 0 Å². The number of rotatable bonds is 5. The molecule has 1 heterocycles. The van der Waals surface area contributed by atoms with Crippen LogP contribution in [0.25, 0.3) is 0 Å². The van der Waals surface area contributed by atoms with Crippen molar-refractivity contribution in [2.75, 3.05) is 7.05 Å². The molecule has 8 heteroatoms. The van der Waals surface area contributed by atoms with Gasteiger partial charge in [0.25, 0.3) is 0 Å². The van der Waals surface area contributed by atoms with E-state index in [4.69, 9.17) is 5.11 Å². The summed E-state index contributed by atoms with van der Waals surface area (Å²) in [5.74, 6) is 0.327. The Balaban J connectivity index is 1.91. The quantitative estimate of drug-likeness (QED) is 0.733. The molecule has 110 valence electrons. The zero-order valence-corrected chi connectivity index (χ0v) is 11.6. The topological polar surface area (TPSA) is 111 Å². The Labute approximate surface area is 116 Å². The smallest absolute Gasteiger partial charge is 0.317 e. The number of carbonyl (C=O) groups excluding carboxylic acids is 1. The second-order valence-corrected chi connectivity index (χ2v) is 5.33. The van der Waals surface area contributed by atoms with Crippen molar-refractivity contribution in [2.24, 2.45) is 0 Å². The summed E-state index contributed by atoms with van der Waals surface area (Å²) in [4.78, 5) is 28.5. The van der Waals surface area contributed by atoms with Crippen molar-refractivity contribution in [2.45, 2.75) is 44.7 Å². The van der Waals surface area contributed by atoms with E-state index in [0.29, 0.717) is 24.5 Å². The van der Waals surface area contributed by atoms with Crippen LogP contribution in [0.5, 0.6) is 0 Å². The first kappa shape index (κ1) is 14.3. The molecule has 0 unspecified atom stereocenters. The maximum atomic E-state index is 12.1. The Kier molecular flexibility index (Phi) is 3.91. The Bertz CT molecular complexity index is 509. The van der Waals surface area contributed by atoms with Crippen molar-refractivity contribution < 1.29 is 14.7 Å². The number of aryl methyl sites for hydroxylation is 1. The monoisotopic (exact) mass is 281 g/mol. The molecule has 0 spiro atoms. The van der Waals surface area contributed by atoms with Gasteiger partial charge in [0, 0.05) is 7.05 Å². The summed E-state index contributed by atoms with van der Waals surface area (Å²) in [6.07, 6.45) is 2.32. The Hall–Kier alpha value is -2.12. The highest BCUT2D eigenvalue weighted by molar-refractivity contribution is 5.77. The number of H-pyrrole nitrogens is 1. The van der Waals surface area contributed by atoms with Crippen LogP contribution in [-0.4, -0.2) is 49.8 Å². The number of carboxylic acid groups (broad SMARTS) is 1. The third kappa shape index (κ3) is 3.25. The minimum absolute atomic E-state index is 0.0354. The molecule has 0 atom stereocenters. The van der Waals surface area contributed by atoms with E-state index in [-0.39, 0.29) is 19.0 Å². The van der Waals surface area contributed by atoms with E-state index >= 15 is 0 Å². The fourth-order valence-corrected chi connectivity index (χ4v) is 2.30. The van der Waals surface area contributed by atoms with Gasteiger partial charge in [0.05, 0.1) is 18.5 Å². The van der Waals surface area contributed by atoms with Crippen LogP contribution in [0.15, 0.2) is 0 Å². The van der Waals surface area contributed by atoms with E-state index in [1.165, 1.54) is 4.90 Å². The Morgan fingerprint density at radius 3 is 2.65 bits per heavy atom. The minimum Gasteiger partial charge on any atom is -0.481 e. The third-order valence-corrected chi connectivity index (χ3v) is 3.54. The van der Waals surface area contributed by atoms with E-state index in [0.717, 1.165) is 6.42 Å². The van der Waals surface area contributed by atoms with E-state index in [1.54, 1.807) is 14.0 Å². The van der Waals surface area contributed by atoms with E-state index in [1.807, 2.05) is 0 Å². The summed E-state index contributed by atoms with van der Waals surface area (Å²) in [5.41, 5.74) is -0.591. The van der Waals surface area contributed by atoms with Crippen LogP contribution < -0.4 is 5.32 Å². The molecule has 1 aromatic rings. The normalized spacial score (nSPS) is 16.3. The van der Waals surface area contributed by atoms with Gasteiger partial charge in [-0.3, -0.25) is 9.89 Å². The zero-order valence-electron chi connectivity index (χ0n) is 11.6. The summed E-state index contributed by atoms with van der Waals surface area (Å²) < 4.78 is 0.